The summed E-state index contributed by atoms with van der Waals surface area (Å²) in [4.78, 5) is 52.9. The Kier molecular flexibility index (Phi) is 14.0. The predicted octanol–water partition coefficient (Wildman–Crippen LogP) is 4.98. The van der Waals surface area contributed by atoms with Crippen molar-refractivity contribution in [1.29, 1.82) is 0 Å². The lowest BCUT2D eigenvalue weighted by molar-refractivity contribution is -0.295. The second-order valence-corrected chi connectivity index (χ2v) is 16.8. The summed E-state index contributed by atoms with van der Waals surface area (Å²) in [6.45, 7) is 12.5. The largest absolute Gasteiger partial charge is 0.509 e. The van der Waals surface area contributed by atoms with Crippen LogP contribution in [0.3, 0.4) is 0 Å². The Morgan fingerprint density at radius 2 is 1.75 bits per heavy atom. The number of rotatable bonds is 7. The molecular formula is C43H59FN4O11. The summed E-state index contributed by atoms with van der Waals surface area (Å²) in [5.41, 5.74) is 0.862. The van der Waals surface area contributed by atoms with Crippen LogP contribution in [0.1, 0.15) is 80.2 Å². The second-order valence-electron chi connectivity index (χ2n) is 16.8. The Morgan fingerprint density at radius 3 is 2.39 bits per heavy atom. The summed E-state index contributed by atoms with van der Waals surface area (Å²) in [7, 11) is 5.07. The Bertz CT molecular complexity index is 1970. The number of fused-ring (bicyclic) bond motifs is 2. The van der Waals surface area contributed by atoms with E-state index in [9.17, 15) is 19.5 Å². The number of esters is 1. The first kappa shape index (κ1) is 45.7. The standard InChI is InChI=1S/C43H59FN4O11/c1-12-31-43(8)36(58-40(52)59-43)25(4)32(47-54-19-15-16-27-22-46-37(45)29-18-14-13-17-28(27)29)23(2)21-41(6,53-11)35(26(5)34(50)42(7,44)39(51)56-31)57-38-33(49)30(48(9)10)20-24(3)55-38/h13-14,17-18,22-26,30-31,33,35-36,38,49H,12,19-21H2,1-11H3,(H2,45,46)/b47-32+/t23-,24-,25+,26+,30+,31-,33-,35-,36-,38+,41-,42+,43-/m1/s1. The fraction of sp³-hybridized carbons (Fsp3) is 0.651. The summed E-state index contributed by atoms with van der Waals surface area (Å²) in [6, 6.07) is 7.14. The topological polar surface area (TPSA) is 191 Å². The van der Waals surface area contributed by atoms with E-state index < -0.39 is 83.2 Å². The fourth-order valence-corrected chi connectivity index (χ4v) is 8.82. The lowest BCUT2D eigenvalue weighted by Gasteiger charge is -2.47. The number of aliphatic hydroxyl groups excluding tert-OH is 1. The van der Waals surface area contributed by atoms with Gasteiger partial charge in [-0.3, -0.25) is 4.79 Å². The molecule has 3 fully saturated rings. The molecule has 3 saturated heterocycles. The summed E-state index contributed by atoms with van der Waals surface area (Å²) in [5, 5.41) is 17.7. The molecule has 3 aliphatic heterocycles. The number of benzene rings is 1. The molecule has 59 heavy (non-hydrogen) atoms. The van der Waals surface area contributed by atoms with Gasteiger partial charge < -0.3 is 49.0 Å². The number of aliphatic hydroxyl groups is 1. The molecule has 15 nitrogen and oxygen atoms in total. The molecule has 5 rings (SSSR count). The molecule has 0 amide bonds. The van der Waals surface area contributed by atoms with Crippen molar-refractivity contribution < 1.29 is 57.1 Å². The SMILES string of the molecule is CC[C@H]1OC(=O)[C@@](C)(F)C(=O)[C@H](C)[C@@H](O[C@@H]2O[C@H](C)C[C@H](N(C)C)[C@H]2O)[C@](C)(OC)C[C@@H](C)/C(=N\OCC#Cc2cnc(N)c3ccccc23)[C@H](C)[C@H]2OC(=O)O[C@@]21C. The van der Waals surface area contributed by atoms with Crippen LogP contribution in [0.2, 0.25) is 0 Å². The number of nitrogen functional groups attached to an aromatic ring is 1. The summed E-state index contributed by atoms with van der Waals surface area (Å²) in [6.07, 6.45) is -5.21. The number of carbonyl (C=O) groups excluding carboxylic acids is 3. The number of ketones is 1. The van der Waals surface area contributed by atoms with Crippen molar-refractivity contribution in [2.45, 2.75) is 134 Å². The quantitative estimate of drug-likeness (QED) is 0.125. The number of ether oxygens (including phenoxy) is 6. The molecule has 4 heterocycles. The molecule has 16 heteroatoms. The highest BCUT2D eigenvalue weighted by Crippen LogP contribution is 2.43. The molecule has 13 atom stereocenters. The Hall–Kier alpha value is -4.40. The first-order valence-electron chi connectivity index (χ1n) is 20.1. The van der Waals surface area contributed by atoms with Gasteiger partial charge in [-0.05, 0) is 61.1 Å². The summed E-state index contributed by atoms with van der Waals surface area (Å²) in [5.74, 6) is 1.13. The predicted molar refractivity (Wildman–Crippen MR) is 216 cm³/mol. The van der Waals surface area contributed by atoms with E-state index in [1.165, 1.54) is 21.0 Å². The Morgan fingerprint density at radius 1 is 1.07 bits per heavy atom. The molecule has 3 N–H and O–H groups in total. The van der Waals surface area contributed by atoms with E-state index in [0.29, 0.717) is 23.5 Å². The number of methoxy groups -OCH3 is 1. The molecule has 0 spiro atoms. The maximum absolute atomic E-state index is 16.8. The molecule has 2 aromatic rings. The minimum Gasteiger partial charge on any atom is -0.455 e. The zero-order chi connectivity index (χ0) is 43.6. The third-order valence-electron chi connectivity index (χ3n) is 12.2. The van der Waals surface area contributed by atoms with Crippen molar-refractivity contribution in [1.82, 2.24) is 9.88 Å². The number of nitrogens with zero attached hydrogens (tertiary/aromatic N) is 3. The molecule has 0 aliphatic carbocycles. The van der Waals surface area contributed by atoms with Gasteiger partial charge >= 0.3 is 12.1 Å². The van der Waals surface area contributed by atoms with Crippen molar-refractivity contribution in [2.75, 3.05) is 33.5 Å². The number of carbonyl (C=O) groups is 3. The van der Waals surface area contributed by atoms with E-state index in [0.717, 1.165) is 17.7 Å². The average molecular weight is 827 g/mol. The van der Waals surface area contributed by atoms with Gasteiger partial charge in [-0.25, -0.2) is 19.0 Å². The monoisotopic (exact) mass is 826 g/mol. The molecule has 0 unspecified atom stereocenters. The normalized spacial score (nSPS) is 37.8. The number of oxime groups is 1. The van der Waals surface area contributed by atoms with Gasteiger partial charge in [-0.1, -0.05) is 69.0 Å². The van der Waals surface area contributed by atoms with E-state index >= 15 is 4.39 Å². The maximum atomic E-state index is 16.8. The van der Waals surface area contributed by atoms with Crippen LogP contribution >= 0.6 is 0 Å². The number of aromatic nitrogens is 1. The van der Waals surface area contributed by atoms with Gasteiger partial charge in [0, 0.05) is 47.9 Å². The first-order valence-corrected chi connectivity index (χ1v) is 20.1. The van der Waals surface area contributed by atoms with Crippen molar-refractivity contribution in [2.24, 2.45) is 22.9 Å². The van der Waals surface area contributed by atoms with Crippen molar-refractivity contribution in [3.8, 4) is 11.8 Å². The minimum atomic E-state index is -3.18. The molecule has 0 saturated carbocycles. The maximum Gasteiger partial charge on any atom is 0.509 e. The van der Waals surface area contributed by atoms with Crippen molar-refractivity contribution >= 4 is 40.2 Å². The lowest BCUT2D eigenvalue weighted by Crippen LogP contribution is -2.61. The summed E-state index contributed by atoms with van der Waals surface area (Å²) < 4.78 is 52.8. The Balaban J connectivity index is 1.58. The summed E-state index contributed by atoms with van der Waals surface area (Å²) >= 11 is 0. The minimum absolute atomic E-state index is 0.0698. The highest BCUT2D eigenvalue weighted by atomic mass is 19.1. The number of halogens is 1. The first-order chi connectivity index (χ1) is 27.7. The number of hydrogen-bond acceptors (Lipinski definition) is 15. The second kappa shape index (κ2) is 18.1. The van der Waals surface area contributed by atoms with Crippen molar-refractivity contribution in [3.63, 3.8) is 0 Å². The third-order valence-corrected chi connectivity index (χ3v) is 12.2. The van der Waals surface area contributed by atoms with Gasteiger partial charge in [-0.2, -0.15) is 0 Å². The van der Waals surface area contributed by atoms with Crippen LogP contribution in [-0.2, 0) is 42.8 Å². The fourth-order valence-electron chi connectivity index (χ4n) is 8.82. The molecular weight excluding hydrogens is 767 g/mol. The van der Waals surface area contributed by atoms with E-state index in [-0.39, 0.29) is 31.6 Å². The molecule has 1 aromatic heterocycles. The van der Waals surface area contributed by atoms with Crippen LogP contribution in [0.4, 0.5) is 15.0 Å². The number of anilines is 1. The highest BCUT2D eigenvalue weighted by Gasteiger charge is 2.60. The van der Waals surface area contributed by atoms with Crippen LogP contribution in [0, 0.1) is 29.6 Å². The lowest BCUT2D eigenvalue weighted by atomic mass is 9.73. The van der Waals surface area contributed by atoms with Crippen LogP contribution in [0.15, 0.2) is 35.6 Å². The number of cyclic esters (lactones) is 1. The van der Waals surface area contributed by atoms with E-state index in [2.05, 4.69) is 22.0 Å². The van der Waals surface area contributed by atoms with Crippen molar-refractivity contribution in [3.05, 3.63) is 36.0 Å². The van der Waals surface area contributed by atoms with E-state index in [4.69, 9.17) is 39.0 Å². The number of pyridine rings is 1. The third kappa shape index (κ3) is 9.19. The van der Waals surface area contributed by atoms with Gasteiger partial charge in [0.25, 0.3) is 5.67 Å². The highest BCUT2D eigenvalue weighted by molar-refractivity contribution is 6.08. The van der Waals surface area contributed by atoms with Crippen LogP contribution in [-0.4, -0.2) is 126 Å². The van der Waals surface area contributed by atoms with Gasteiger partial charge in [0.2, 0.25) is 0 Å². The van der Waals surface area contributed by atoms with E-state index in [1.807, 2.05) is 57.1 Å². The zero-order valence-electron chi connectivity index (χ0n) is 35.8. The average Bonchev–Trinajstić information content (AvgIpc) is 3.51. The zero-order valence-corrected chi connectivity index (χ0v) is 35.8. The molecule has 0 bridgehead atoms. The number of Topliss-reactive ketones (excluding diaryl/α,β-unsaturated/α-hetero) is 1. The number of nitrogens with two attached hydrogens (primary N) is 1. The van der Waals surface area contributed by atoms with Gasteiger partial charge in [-0.15, -0.1) is 0 Å². The van der Waals surface area contributed by atoms with Crippen LogP contribution < -0.4 is 5.73 Å². The van der Waals surface area contributed by atoms with Gasteiger partial charge in [0.1, 0.15) is 18.0 Å². The Labute approximate surface area is 345 Å². The molecule has 1 aromatic carbocycles. The molecule has 3 aliphatic rings. The smallest absolute Gasteiger partial charge is 0.455 e. The molecule has 324 valence electrons. The van der Waals surface area contributed by atoms with Gasteiger partial charge in [0.05, 0.1) is 29.1 Å². The number of likely N-dealkylation sites (N-methyl/N-ethyl adjacent to an activating group) is 1. The van der Waals surface area contributed by atoms with Crippen LogP contribution in [0.5, 0.6) is 0 Å². The van der Waals surface area contributed by atoms with E-state index in [1.54, 1.807) is 27.0 Å². The van der Waals surface area contributed by atoms with Gasteiger partial charge in [0.15, 0.2) is 30.4 Å². The molecule has 0 radical (unpaired) electrons. The number of alkyl halides is 1. The van der Waals surface area contributed by atoms with Crippen LogP contribution in [0.25, 0.3) is 10.8 Å². The number of hydrogen-bond donors (Lipinski definition) is 2.